The van der Waals surface area contributed by atoms with Gasteiger partial charge in [0.1, 0.15) is 0 Å². The van der Waals surface area contributed by atoms with Crippen LogP contribution >= 0.6 is 0 Å². The average molecular weight is 311 g/mol. The summed E-state index contributed by atoms with van der Waals surface area (Å²) in [5, 5.41) is 12.6. The predicted octanol–water partition coefficient (Wildman–Crippen LogP) is 1.64. The van der Waals surface area contributed by atoms with Gasteiger partial charge in [0.15, 0.2) is 9.84 Å². The van der Waals surface area contributed by atoms with Gasteiger partial charge in [-0.1, -0.05) is 25.1 Å². The third-order valence-electron chi connectivity index (χ3n) is 3.34. The Morgan fingerprint density at radius 1 is 1.33 bits per heavy atom. The molecular formula is C15H21NO4S. The second-order valence-corrected chi connectivity index (χ2v) is 6.87. The van der Waals surface area contributed by atoms with Gasteiger partial charge in [-0.25, -0.2) is 8.42 Å². The number of carbonyl (C=O) groups is 1. The summed E-state index contributed by atoms with van der Waals surface area (Å²) in [6, 6.07) is 7.91. The zero-order chi connectivity index (χ0) is 15.9. The Labute approximate surface area is 125 Å². The Morgan fingerprint density at radius 2 is 1.95 bits per heavy atom. The minimum Gasteiger partial charge on any atom is -0.396 e. The standard InChI is InChI=1S/C15H21NO4S/c1-3-15(2,10-11-17)16-14(18)9-12-21(19,20)13-7-5-4-6-8-13/h4-9,12,17H,3,10-11H2,1-2H3,(H,16,18)/b12-9+. The number of sulfone groups is 1. The van der Waals surface area contributed by atoms with Gasteiger partial charge < -0.3 is 10.4 Å². The number of amides is 1. The molecule has 0 fully saturated rings. The Balaban J connectivity index is 2.79. The molecule has 0 saturated heterocycles. The first-order valence-corrected chi connectivity index (χ1v) is 8.29. The van der Waals surface area contributed by atoms with Crippen molar-refractivity contribution in [3.05, 3.63) is 41.8 Å². The summed E-state index contributed by atoms with van der Waals surface area (Å²) in [5.74, 6) is -0.493. The maximum atomic E-state index is 12.0. The molecule has 1 rings (SSSR count). The molecule has 1 unspecified atom stereocenters. The van der Waals surface area contributed by atoms with Crippen molar-refractivity contribution in [1.82, 2.24) is 5.32 Å². The fraction of sp³-hybridized carbons (Fsp3) is 0.400. The number of aliphatic hydroxyl groups excluding tert-OH is 1. The third-order valence-corrected chi connectivity index (χ3v) is 4.76. The third kappa shape index (κ3) is 5.32. The molecule has 116 valence electrons. The Kier molecular flexibility index (Phi) is 6.11. The van der Waals surface area contributed by atoms with Crippen molar-refractivity contribution in [2.24, 2.45) is 0 Å². The summed E-state index contributed by atoms with van der Waals surface area (Å²) in [6.45, 7) is 3.65. The van der Waals surface area contributed by atoms with Gasteiger partial charge in [-0.3, -0.25) is 4.79 Å². The van der Waals surface area contributed by atoms with Gasteiger partial charge >= 0.3 is 0 Å². The zero-order valence-corrected chi connectivity index (χ0v) is 13.1. The lowest BCUT2D eigenvalue weighted by Crippen LogP contribution is -2.45. The predicted molar refractivity (Wildman–Crippen MR) is 81.3 cm³/mol. The van der Waals surface area contributed by atoms with Crippen LogP contribution in [0.2, 0.25) is 0 Å². The molecule has 0 bridgehead atoms. The Morgan fingerprint density at radius 3 is 2.48 bits per heavy atom. The Hall–Kier alpha value is -1.66. The van der Waals surface area contributed by atoms with Crippen LogP contribution in [0.25, 0.3) is 0 Å². The number of carbonyl (C=O) groups excluding carboxylic acids is 1. The molecule has 1 aromatic carbocycles. The SMILES string of the molecule is CCC(C)(CCO)NC(=O)/C=C/S(=O)(=O)c1ccccc1. The normalized spacial score (nSPS) is 14.8. The fourth-order valence-corrected chi connectivity index (χ4v) is 2.75. The molecule has 5 nitrogen and oxygen atoms in total. The van der Waals surface area contributed by atoms with Crippen LogP contribution < -0.4 is 5.32 Å². The van der Waals surface area contributed by atoms with Crippen LogP contribution in [0.1, 0.15) is 26.7 Å². The van der Waals surface area contributed by atoms with Crippen molar-refractivity contribution in [1.29, 1.82) is 0 Å². The fourth-order valence-electron chi connectivity index (χ4n) is 1.75. The Bertz CT molecular complexity index is 595. The molecule has 6 heteroatoms. The van der Waals surface area contributed by atoms with Gasteiger partial charge in [0, 0.05) is 23.6 Å². The first-order chi connectivity index (χ1) is 9.83. The number of aliphatic hydroxyl groups is 1. The van der Waals surface area contributed by atoms with E-state index in [-0.39, 0.29) is 11.5 Å². The van der Waals surface area contributed by atoms with Crippen molar-refractivity contribution >= 4 is 15.7 Å². The molecule has 0 aliphatic heterocycles. The average Bonchev–Trinajstić information content (AvgIpc) is 2.46. The highest BCUT2D eigenvalue weighted by Gasteiger charge is 2.22. The number of rotatable bonds is 7. The van der Waals surface area contributed by atoms with Gasteiger partial charge in [-0.2, -0.15) is 0 Å². The van der Waals surface area contributed by atoms with E-state index in [9.17, 15) is 13.2 Å². The number of hydrogen-bond acceptors (Lipinski definition) is 4. The molecule has 2 N–H and O–H groups in total. The summed E-state index contributed by atoms with van der Waals surface area (Å²) >= 11 is 0. The molecule has 0 spiro atoms. The van der Waals surface area contributed by atoms with E-state index < -0.39 is 21.3 Å². The highest BCUT2D eigenvalue weighted by Crippen LogP contribution is 2.14. The van der Waals surface area contributed by atoms with Crippen LogP contribution in [0.5, 0.6) is 0 Å². The molecule has 1 amide bonds. The summed E-state index contributed by atoms with van der Waals surface area (Å²) in [6.07, 6.45) is 2.06. The van der Waals surface area contributed by atoms with Crippen molar-refractivity contribution in [3.8, 4) is 0 Å². The molecule has 0 saturated carbocycles. The van der Waals surface area contributed by atoms with Gasteiger partial charge in [-0.05, 0) is 31.9 Å². The van der Waals surface area contributed by atoms with E-state index in [4.69, 9.17) is 5.11 Å². The van der Waals surface area contributed by atoms with E-state index in [0.29, 0.717) is 12.8 Å². The van der Waals surface area contributed by atoms with Crippen molar-refractivity contribution < 1.29 is 18.3 Å². The minimum absolute atomic E-state index is 0.0450. The van der Waals surface area contributed by atoms with Gasteiger partial charge in [0.25, 0.3) is 0 Å². The van der Waals surface area contributed by atoms with Crippen molar-refractivity contribution in [2.75, 3.05) is 6.61 Å². The van der Waals surface area contributed by atoms with Crippen LogP contribution in [-0.4, -0.2) is 31.6 Å². The lowest BCUT2D eigenvalue weighted by atomic mass is 9.95. The summed E-state index contributed by atoms with van der Waals surface area (Å²) in [5.41, 5.74) is -0.549. The van der Waals surface area contributed by atoms with Crippen LogP contribution in [0, 0.1) is 0 Å². The summed E-state index contributed by atoms with van der Waals surface area (Å²) < 4.78 is 24.0. The van der Waals surface area contributed by atoms with Crippen LogP contribution in [0.15, 0.2) is 46.7 Å². The highest BCUT2D eigenvalue weighted by atomic mass is 32.2. The van der Waals surface area contributed by atoms with E-state index in [2.05, 4.69) is 5.32 Å². The molecule has 0 radical (unpaired) electrons. The molecule has 0 aliphatic carbocycles. The summed E-state index contributed by atoms with van der Waals surface area (Å²) in [7, 11) is -3.62. The maximum absolute atomic E-state index is 12.0. The second-order valence-electron chi connectivity index (χ2n) is 5.04. The lowest BCUT2D eigenvalue weighted by molar-refractivity contribution is -0.118. The van der Waals surface area contributed by atoms with Crippen molar-refractivity contribution in [3.63, 3.8) is 0 Å². The van der Waals surface area contributed by atoms with E-state index >= 15 is 0 Å². The number of nitrogens with one attached hydrogen (secondary N) is 1. The van der Waals surface area contributed by atoms with E-state index in [1.807, 2.05) is 6.92 Å². The van der Waals surface area contributed by atoms with Gasteiger partial charge in [-0.15, -0.1) is 0 Å². The van der Waals surface area contributed by atoms with Crippen LogP contribution in [0.4, 0.5) is 0 Å². The first kappa shape index (κ1) is 17.4. The topological polar surface area (TPSA) is 83.5 Å². The monoisotopic (exact) mass is 311 g/mol. The molecule has 0 heterocycles. The minimum atomic E-state index is -3.62. The zero-order valence-electron chi connectivity index (χ0n) is 12.2. The van der Waals surface area contributed by atoms with E-state index in [0.717, 1.165) is 11.5 Å². The first-order valence-electron chi connectivity index (χ1n) is 6.74. The molecular weight excluding hydrogens is 290 g/mol. The van der Waals surface area contributed by atoms with E-state index in [1.54, 1.807) is 25.1 Å². The van der Waals surface area contributed by atoms with E-state index in [1.165, 1.54) is 12.1 Å². The molecule has 0 aliphatic rings. The lowest BCUT2D eigenvalue weighted by Gasteiger charge is -2.28. The van der Waals surface area contributed by atoms with Crippen LogP contribution in [-0.2, 0) is 14.6 Å². The van der Waals surface area contributed by atoms with Crippen LogP contribution in [0.3, 0.4) is 0 Å². The van der Waals surface area contributed by atoms with Crippen molar-refractivity contribution in [2.45, 2.75) is 37.1 Å². The molecule has 21 heavy (non-hydrogen) atoms. The van der Waals surface area contributed by atoms with Gasteiger partial charge in [0.05, 0.1) is 4.90 Å². The smallest absolute Gasteiger partial charge is 0.245 e. The highest BCUT2D eigenvalue weighted by molar-refractivity contribution is 7.94. The number of benzene rings is 1. The largest absolute Gasteiger partial charge is 0.396 e. The number of hydrogen-bond donors (Lipinski definition) is 2. The maximum Gasteiger partial charge on any atom is 0.245 e. The molecule has 1 atom stereocenters. The molecule has 0 aromatic heterocycles. The van der Waals surface area contributed by atoms with Gasteiger partial charge in [0.2, 0.25) is 5.91 Å². The second kappa shape index (κ2) is 7.38. The quantitative estimate of drug-likeness (QED) is 0.750. The molecule has 1 aromatic rings. The summed E-state index contributed by atoms with van der Waals surface area (Å²) in [4.78, 5) is 12.0.